The van der Waals surface area contributed by atoms with Crippen molar-refractivity contribution in [1.29, 1.82) is 0 Å². The Balaban J connectivity index is 2.18. The van der Waals surface area contributed by atoms with Crippen LogP contribution in [0.3, 0.4) is 0 Å². The first-order valence-electron chi connectivity index (χ1n) is 6.81. The molecule has 0 aliphatic carbocycles. The average molecular weight is 379 g/mol. The minimum atomic E-state index is -0.562. The van der Waals surface area contributed by atoms with Crippen LogP contribution in [-0.4, -0.2) is 21.5 Å². The van der Waals surface area contributed by atoms with Crippen molar-refractivity contribution in [3.63, 3.8) is 0 Å². The smallest absolute Gasteiger partial charge is 0.435 e. The van der Waals surface area contributed by atoms with E-state index >= 15 is 0 Å². The van der Waals surface area contributed by atoms with Gasteiger partial charge in [0.25, 0.3) is 0 Å². The van der Waals surface area contributed by atoms with Crippen LogP contribution >= 0.6 is 27.3 Å². The lowest BCUT2D eigenvalue weighted by Gasteiger charge is -2.19. The minimum Gasteiger partial charge on any atom is -0.442 e. The number of carbonyl (C=O) groups excluding carboxylic acids is 1. The third kappa shape index (κ3) is 2.94. The quantitative estimate of drug-likeness (QED) is 0.576. The topological polar surface area (TPSA) is 44.1 Å². The Morgan fingerprint density at radius 2 is 2.09 bits per heavy atom. The van der Waals surface area contributed by atoms with Crippen molar-refractivity contribution < 1.29 is 9.53 Å². The molecule has 1 aromatic carbocycles. The number of halogens is 1. The van der Waals surface area contributed by atoms with Crippen molar-refractivity contribution in [1.82, 2.24) is 9.78 Å². The molecule has 0 N–H and O–H groups in total. The molecule has 6 heteroatoms. The molecule has 0 saturated carbocycles. The molecule has 0 radical (unpaired) electrons. The maximum Gasteiger partial charge on any atom is 0.435 e. The lowest BCUT2D eigenvalue weighted by molar-refractivity contribution is 0.0523. The summed E-state index contributed by atoms with van der Waals surface area (Å²) in [5, 5.41) is 7.40. The van der Waals surface area contributed by atoms with Crippen LogP contribution in [0.1, 0.15) is 20.8 Å². The lowest BCUT2D eigenvalue weighted by Crippen LogP contribution is -2.27. The van der Waals surface area contributed by atoms with Gasteiger partial charge in [0, 0.05) is 9.86 Å². The highest BCUT2D eigenvalue weighted by Crippen LogP contribution is 2.33. The molecule has 0 atom stereocenters. The monoisotopic (exact) mass is 378 g/mol. The molecule has 0 aliphatic heterocycles. The van der Waals surface area contributed by atoms with Crippen molar-refractivity contribution in [2.24, 2.45) is 0 Å². The van der Waals surface area contributed by atoms with Crippen molar-refractivity contribution in [3.05, 3.63) is 40.2 Å². The molecular formula is C16H15BrN2O2S. The van der Waals surface area contributed by atoms with Crippen LogP contribution in [0.4, 0.5) is 4.79 Å². The van der Waals surface area contributed by atoms with Gasteiger partial charge in [-0.05, 0) is 50.4 Å². The highest BCUT2D eigenvalue weighted by atomic mass is 79.9. The van der Waals surface area contributed by atoms with Crippen molar-refractivity contribution >= 4 is 44.3 Å². The van der Waals surface area contributed by atoms with Gasteiger partial charge in [0.15, 0.2) is 0 Å². The van der Waals surface area contributed by atoms with Gasteiger partial charge in [-0.3, -0.25) is 0 Å². The minimum absolute atomic E-state index is 0.470. The van der Waals surface area contributed by atoms with Gasteiger partial charge in [0.05, 0.1) is 10.4 Å². The van der Waals surface area contributed by atoms with E-state index in [1.165, 1.54) is 4.68 Å². The maximum atomic E-state index is 12.4. The predicted octanol–water partition coefficient (Wildman–Crippen LogP) is 5.31. The number of fused-ring (bicyclic) bond motifs is 1. The lowest BCUT2D eigenvalue weighted by atomic mass is 10.2. The molecule has 4 nitrogen and oxygen atoms in total. The molecule has 0 amide bonds. The van der Waals surface area contributed by atoms with Crippen LogP contribution in [-0.2, 0) is 4.74 Å². The van der Waals surface area contributed by atoms with E-state index in [9.17, 15) is 4.79 Å². The van der Waals surface area contributed by atoms with Gasteiger partial charge in [0.1, 0.15) is 11.3 Å². The Hall–Kier alpha value is -1.66. The number of nitrogens with zero attached hydrogens (tertiary/aromatic N) is 2. The second-order valence-corrected chi connectivity index (χ2v) is 7.74. The number of thiophene rings is 1. The van der Waals surface area contributed by atoms with E-state index in [2.05, 4.69) is 21.0 Å². The van der Waals surface area contributed by atoms with Gasteiger partial charge in [0.2, 0.25) is 0 Å². The standard InChI is InChI=1S/C16H15BrN2O2S/c1-16(2,3)21-15(20)19-12-7-6-10(17)9-11(12)14(18-19)13-5-4-8-22-13/h4-9H,1-3H3. The summed E-state index contributed by atoms with van der Waals surface area (Å²) in [6, 6.07) is 9.69. The summed E-state index contributed by atoms with van der Waals surface area (Å²) >= 11 is 5.07. The van der Waals surface area contributed by atoms with Crippen molar-refractivity contribution in [2.45, 2.75) is 26.4 Å². The summed E-state index contributed by atoms with van der Waals surface area (Å²) in [5.41, 5.74) is 0.964. The van der Waals surface area contributed by atoms with E-state index < -0.39 is 11.7 Å². The maximum absolute atomic E-state index is 12.4. The van der Waals surface area contributed by atoms with Crippen LogP contribution in [0.5, 0.6) is 0 Å². The SMILES string of the molecule is CC(C)(C)OC(=O)n1nc(-c2cccs2)c2cc(Br)ccc21. The molecule has 3 aromatic rings. The normalized spacial score (nSPS) is 11.8. The molecule has 0 fully saturated rings. The molecule has 0 bridgehead atoms. The fourth-order valence-corrected chi connectivity index (χ4v) is 3.21. The average Bonchev–Trinajstić information content (AvgIpc) is 3.02. The fraction of sp³-hybridized carbons (Fsp3) is 0.250. The van der Waals surface area contributed by atoms with Crippen LogP contribution in [0, 0.1) is 0 Å². The second kappa shape index (κ2) is 5.52. The Bertz CT molecular complexity index is 832. The molecular weight excluding hydrogens is 364 g/mol. The summed E-state index contributed by atoms with van der Waals surface area (Å²) in [7, 11) is 0. The third-order valence-electron chi connectivity index (χ3n) is 2.96. The number of carbonyl (C=O) groups is 1. The summed E-state index contributed by atoms with van der Waals surface area (Å²) < 4.78 is 7.73. The van der Waals surface area contributed by atoms with Crippen LogP contribution < -0.4 is 0 Å². The highest BCUT2D eigenvalue weighted by Gasteiger charge is 2.22. The van der Waals surface area contributed by atoms with Gasteiger partial charge in [-0.15, -0.1) is 11.3 Å². The number of hydrogen-bond acceptors (Lipinski definition) is 4. The Morgan fingerprint density at radius 3 is 2.73 bits per heavy atom. The van der Waals surface area contributed by atoms with Gasteiger partial charge in [-0.2, -0.15) is 9.78 Å². The molecule has 114 valence electrons. The van der Waals surface area contributed by atoms with E-state index in [1.807, 2.05) is 56.5 Å². The van der Waals surface area contributed by atoms with Gasteiger partial charge >= 0.3 is 6.09 Å². The number of ether oxygens (including phenoxy) is 1. The number of benzene rings is 1. The summed E-state index contributed by atoms with van der Waals surface area (Å²) in [5.74, 6) is 0. The molecule has 0 aliphatic rings. The largest absolute Gasteiger partial charge is 0.442 e. The zero-order valence-corrected chi connectivity index (χ0v) is 14.9. The van der Waals surface area contributed by atoms with Crippen molar-refractivity contribution in [3.8, 4) is 10.6 Å². The molecule has 2 heterocycles. The summed E-state index contributed by atoms with van der Waals surface area (Å²) in [4.78, 5) is 13.4. The highest BCUT2D eigenvalue weighted by molar-refractivity contribution is 9.10. The molecule has 0 saturated heterocycles. The molecule has 3 rings (SSSR count). The Labute approximate surface area is 140 Å². The van der Waals surface area contributed by atoms with E-state index in [-0.39, 0.29) is 0 Å². The Kier molecular flexibility index (Phi) is 3.82. The van der Waals surface area contributed by atoms with Crippen LogP contribution in [0.2, 0.25) is 0 Å². The molecule has 0 unspecified atom stereocenters. The number of hydrogen-bond donors (Lipinski definition) is 0. The van der Waals surface area contributed by atoms with E-state index in [4.69, 9.17) is 4.74 Å². The second-order valence-electron chi connectivity index (χ2n) is 5.88. The summed E-state index contributed by atoms with van der Waals surface area (Å²) in [6.45, 7) is 5.52. The van der Waals surface area contributed by atoms with Gasteiger partial charge < -0.3 is 4.74 Å². The van der Waals surface area contributed by atoms with E-state index in [1.54, 1.807) is 11.3 Å². The first kappa shape index (κ1) is 15.2. The molecule has 2 aromatic heterocycles. The zero-order chi connectivity index (χ0) is 15.9. The zero-order valence-electron chi connectivity index (χ0n) is 12.5. The molecule has 22 heavy (non-hydrogen) atoms. The fourth-order valence-electron chi connectivity index (χ4n) is 2.13. The first-order valence-corrected chi connectivity index (χ1v) is 8.48. The van der Waals surface area contributed by atoms with Crippen molar-refractivity contribution in [2.75, 3.05) is 0 Å². The van der Waals surface area contributed by atoms with Crippen LogP contribution in [0.25, 0.3) is 21.5 Å². The van der Waals surface area contributed by atoms with E-state index in [0.717, 1.165) is 25.9 Å². The third-order valence-corrected chi connectivity index (χ3v) is 4.33. The first-order chi connectivity index (χ1) is 10.3. The van der Waals surface area contributed by atoms with E-state index in [0.29, 0.717) is 0 Å². The van der Waals surface area contributed by atoms with Crippen LogP contribution in [0.15, 0.2) is 40.2 Å². The summed E-state index contributed by atoms with van der Waals surface area (Å²) in [6.07, 6.45) is -0.470. The van der Waals surface area contributed by atoms with Gasteiger partial charge in [-0.1, -0.05) is 22.0 Å². The predicted molar refractivity (Wildman–Crippen MR) is 92.4 cm³/mol. The number of rotatable bonds is 1. The Morgan fingerprint density at radius 1 is 1.32 bits per heavy atom. The molecule has 0 spiro atoms. The number of aromatic nitrogens is 2. The van der Waals surface area contributed by atoms with Gasteiger partial charge in [-0.25, -0.2) is 4.79 Å².